The van der Waals surface area contributed by atoms with Crippen molar-refractivity contribution in [1.82, 2.24) is 0 Å². The van der Waals surface area contributed by atoms with Gasteiger partial charge in [0.1, 0.15) is 0 Å². The molecule has 0 aliphatic carbocycles. The molecule has 22 heteroatoms. The van der Waals surface area contributed by atoms with E-state index in [1.807, 2.05) is 18.2 Å². The summed E-state index contributed by atoms with van der Waals surface area (Å²) in [6, 6.07) is 13.3. The molecule has 0 spiro atoms. The second-order valence-electron chi connectivity index (χ2n) is 21.1. The Morgan fingerprint density at radius 2 is 0.633 bits per heavy atom. The van der Waals surface area contributed by atoms with Crippen LogP contribution in [0.4, 0.5) is 0 Å². The molecule has 13 nitrogen and oxygen atoms in total. The van der Waals surface area contributed by atoms with E-state index in [1.165, 1.54) is 0 Å². The maximum atomic E-state index is 7.83. The van der Waals surface area contributed by atoms with Gasteiger partial charge in [-0.1, -0.05) is 0 Å². The summed E-state index contributed by atoms with van der Waals surface area (Å²) in [4.78, 5) is 2.20. The Balaban J connectivity index is 1.74. The van der Waals surface area contributed by atoms with Crippen LogP contribution in [0.5, 0.6) is 0 Å². The molecule has 0 saturated carbocycles. The number of hydrogen-bond acceptors (Lipinski definition) is 13. The van der Waals surface area contributed by atoms with E-state index in [4.69, 9.17) is 52.8 Å². The van der Waals surface area contributed by atoms with Crippen LogP contribution in [-0.2, 0) is 52.8 Å². The van der Waals surface area contributed by atoms with Crippen molar-refractivity contribution >= 4 is 90.4 Å². The van der Waals surface area contributed by atoms with Gasteiger partial charge in [-0.15, -0.1) is 0 Å². The van der Waals surface area contributed by atoms with Crippen LogP contribution >= 0.6 is 0 Å². The molecule has 7 rings (SSSR count). The van der Waals surface area contributed by atoms with Gasteiger partial charge in [-0.05, 0) is 0 Å². The van der Waals surface area contributed by atoms with Crippen LogP contribution in [0.25, 0.3) is 6.08 Å². The van der Waals surface area contributed by atoms with Gasteiger partial charge in [-0.2, -0.15) is 0 Å². The molecule has 6 aliphatic heterocycles. The van der Waals surface area contributed by atoms with E-state index in [2.05, 4.69) is 132 Å². The molecule has 0 radical (unpaired) electrons. The molecule has 6 saturated heterocycles. The van der Waals surface area contributed by atoms with E-state index in [9.17, 15) is 0 Å². The summed E-state index contributed by atoms with van der Waals surface area (Å²) in [5.74, 6) is 4.94. The minimum absolute atomic E-state index is 0.0642. The molecule has 6 fully saturated rings. The van der Waals surface area contributed by atoms with Gasteiger partial charge >= 0.3 is 376 Å². The van der Waals surface area contributed by atoms with Crippen LogP contribution in [0.15, 0.2) is 35.2 Å². The molecular formula is C38H76GeO13Si8. The molecular weight excluding hydrogens is 962 g/mol. The van der Waals surface area contributed by atoms with Crippen LogP contribution in [0.1, 0.15) is 102 Å². The summed E-state index contributed by atoms with van der Waals surface area (Å²) < 4.78 is 101. The van der Waals surface area contributed by atoms with E-state index in [-0.39, 0.29) is 41.4 Å². The zero-order valence-corrected chi connectivity index (χ0v) is 49.4. The van der Waals surface area contributed by atoms with E-state index in [1.54, 1.807) is 0 Å². The van der Waals surface area contributed by atoms with Crippen molar-refractivity contribution < 1.29 is 52.8 Å². The molecule has 0 amide bonds. The van der Waals surface area contributed by atoms with Crippen molar-refractivity contribution in [1.29, 1.82) is 0 Å². The molecule has 0 unspecified atom stereocenters. The summed E-state index contributed by atoms with van der Waals surface area (Å²) in [7, 11) is -32.7. The summed E-state index contributed by atoms with van der Waals surface area (Å²) >= 11 is -3.59. The van der Waals surface area contributed by atoms with Gasteiger partial charge in [-0.3, -0.25) is 0 Å². The van der Waals surface area contributed by atoms with Crippen molar-refractivity contribution in [3.05, 3.63) is 40.8 Å². The van der Waals surface area contributed by atoms with E-state index in [0.29, 0.717) is 42.3 Å². The monoisotopic (exact) mass is 1040 g/mol. The first kappa shape index (κ1) is 50.1. The fourth-order valence-corrected chi connectivity index (χ4v) is 66.8. The average molecular weight is 1040 g/mol. The predicted molar refractivity (Wildman–Crippen MR) is 251 cm³/mol. The quantitative estimate of drug-likeness (QED) is 0.130. The Hall–Kier alpha value is 0.718. The SMILES string of the molecule is CC(C)C[Si]12O[Si]3(CC(C)C)O[Si]4(CC(C)C)O[Si](CC(C)C)(O1)O[Si]1(CC(C)C)O[Si](CC(C)C)(O2)O[Si](CC(C)C)(O3)O[Si]([O][Ge]([CH3])([CH3])/[CH]=C/c2ccccc2)(O4)O1. The molecule has 1 aromatic rings. The second-order valence-corrected chi connectivity index (χ2v) is 53.3. The number of rotatable bonds is 18. The standard InChI is InChI=1S/C38H76GeO13Si8/c1-31(2)24-53-41-54(25-32(3)4)44-57(28-35(9)10)46-55(42-53,26-33(5)6)48-59(30-37(13)14)49-56(43-53,27-34(7)8)47-58(45-54,29-36(11)12)51-60(50-57,52-59)40-39(15,16)23-22-38-20-18-17-19-21-38/h17-23,31-37H,24-30H2,1-16H3/b23-22+. The summed E-state index contributed by atoms with van der Waals surface area (Å²) in [6.07, 6.45) is 2.12. The molecule has 6 heterocycles. The molecule has 342 valence electrons. The zero-order valence-electron chi connectivity index (χ0n) is 39.3. The Labute approximate surface area is 373 Å². The Morgan fingerprint density at radius 1 is 0.400 bits per heavy atom. The fourth-order valence-electron chi connectivity index (χ4n) is 8.86. The van der Waals surface area contributed by atoms with Gasteiger partial charge in [0.25, 0.3) is 0 Å². The predicted octanol–water partition coefficient (Wildman–Crippen LogP) is 10.3. The van der Waals surface area contributed by atoms with Crippen LogP contribution in [0.2, 0.25) is 53.8 Å². The van der Waals surface area contributed by atoms with Gasteiger partial charge in [0, 0.05) is 0 Å². The zero-order chi connectivity index (χ0) is 44.2. The number of hydrogen-bond donors (Lipinski definition) is 0. The van der Waals surface area contributed by atoms with Crippen molar-refractivity contribution in [3.63, 3.8) is 0 Å². The van der Waals surface area contributed by atoms with Gasteiger partial charge < -0.3 is 0 Å². The van der Waals surface area contributed by atoms with Gasteiger partial charge in [-0.25, -0.2) is 0 Å². The topological polar surface area (TPSA) is 120 Å². The molecule has 0 aromatic heterocycles. The van der Waals surface area contributed by atoms with E-state index in [0.717, 1.165) is 5.56 Å². The summed E-state index contributed by atoms with van der Waals surface area (Å²) in [6.45, 7) is 30.2. The average Bonchev–Trinajstić information content (AvgIpc) is 2.97. The summed E-state index contributed by atoms with van der Waals surface area (Å²) in [5, 5.41) is 0. The first-order valence-corrected chi connectivity index (χ1v) is 44.0. The van der Waals surface area contributed by atoms with Crippen LogP contribution < -0.4 is 0 Å². The first-order valence-electron chi connectivity index (χ1n) is 22.5. The third-order valence-electron chi connectivity index (χ3n) is 10.1. The molecule has 6 aliphatic rings. The third kappa shape index (κ3) is 12.0. The van der Waals surface area contributed by atoms with E-state index < -0.39 is 84.3 Å². The Bertz CT molecular complexity index is 1510. The fraction of sp³-hybridized carbons (Fsp3) is 0.789. The Kier molecular flexibility index (Phi) is 15.4. The normalized spacial score (nSPS) is 38.2. The molecule has 0 atom stereocenters. The molecule has 0 N–H and O–H groups in total. The Morgan fingerprint density at radius 3 is 0.867 bits per heavy atom. The van der Waals surface area contributed by atoms with E-state index >= 15 is 0 Å². The van der Waals surface area contributed by atoms with Crippen LogP contribution in [0.3, 0.4) is 0 Å². The summed E-state index contributed by atoms with van der Waals surface area (Å²) in [5.41, 5.74) is 1.07. The van der Waals surface area contributed by atoms with Gasteiger partial charge in [0.15, 0.2) is 0 Å². The minimum atomic E-state index is -4.53. The third-order valence-corrected chi connectivity index (χ3v) is 56.1. The van der Waals surface area contributed by atoms with Crippen molar-refractivity contribution in [2.75, 3.05) is 0 Å². The van der Waals surface area contributed by atoms with Crippen LogP contribution in [-0.4, -0.2) is 84.3 Å². The molecule has 8 bridgehead atoms. The number of benzene rings is 1. The van der Waals surface area contributed by atoms with Gasteiger partial charge in [0.2, 0.25) is 0 Å². The van der Waals surface area contributed by atoms with Crippen molar-refractivity contribution in [3.8, 4) is 0 Å². The maximum absolute atomic E-state index is 7.83. The van der Waals surface area contributed by atoms with Gasteiger partial charge in [0.05, 0.1) is 0 Å². The van der Waals surface area contributed by atoms with Crippen molar-refractivity contribution in [2.24, 2.45) is 41.4 Å². The molecule has 60 heavy (non-hydrogen) atoms. The first-order chi connectivity index (χ1) is 27.7. The van der Waals surface area contributed by atoms with Crippen molar-refractivity contribution in [2.45, 2.75) is 151 Å². The molecule has 1 aromatic carbocycles. The second kappa shape index (κ2) is 18.4. The van der Waals surface area contributed by atoms with Crippen LogP contribution in [0, 0.1) is 41.4 Å².